The van der Waals surface area contributed by atoms with Crippen molar-refractivity contribution in [3.63, 3.8) is 0 Å². The molecule has 0 atom stereocenters. The lowest BCUT2D eigenvalue weighted by Crippen LogP contribution is -2.32. The second kappa shape index (κ2) is 7.42. The van der Waals surface area contributed by atoms with Crippen molar-refractivity contribution >= 4 is 33.9 Å². The highest BCUT2D eigenvalue weighted by atomic mass is 16.4. The van der Waals surface area contributed by atoms with Crippen LogP contribution in [0, 0.1) is 5.92 Å². The minimum absolute atomic E-state index is 0.177. The number of nitrogen functional groups attached to an aromatic ring is 1. The van der Waals surface area contributed by atoms with Crippen LogP contribution in [0.4, 0.5) is 5.82 Å². The van der Waals surface area contributed by atoms with E-state index in [1.165, 1.54) is 6.33 Å². The Morgan fingerprint density at radius 2 is 1.90 bits per heavy atom. The molecule has 156 valence electrons. The van der Waals surface area contributed by atoms with Crippen molar-refractivity contribution < 1.29 is 9.90 Å². The lowest BCUT2D eigenvalue weighted by molar-refractivity contribution is -0.143. The molecule has 3 heterocycles. The van der Waals surface area contributed by atoms with Crippen molar-refractivity contribution in [2.45, 2.75) is 31.7 Å². The third kappa shape index (κ3) is 3.27. The van der Waals surface area contributed by atoms with Gasteiger partial charge in [-0.25, -0.2) is 15.0 Å². The van der Waals surface area contributed by atoms with E-state index in [-0.39, 0.29) is 29.0 Å². The molecule has 0 saturated heterocycles. The number of fused-ring (bicyclic) bond motifs is 2. The van der Waals surface area contributed by atoms with E-state index in [0.717, 1.165) is 10.9 Å². The standard InChI is InChI=1S/C22H20N6O3/c23-19-18-20(26-11-25-19)28(15-6-3-12(4-7-15)22(30)31)21(29)17(27-18)14-5-8-16-13(10-14)2-1-9-24-16/h1-2,5,8-12,15H,3-4,6-7H2,(H,30,31)(H2,23,25,26). The summed E-state index contributed by atoms with van der Waals surface area (Å²) in [5, 5.41) is 10.2. The summed E-state index contributed by atoms with van der Waals surface area (Å²) in [6.07, 6.45) is 5.19. The van der Waals surface area contributed by atoms with Gasteiger partial charge >= 0.3 is 5.97 Å². The molecule has 0 spiro atoms. The molecule has 4 aromatic rings. The first-order chi connectivity index (χ1) is 15.0. The van der Waals surface area contributed by atoms with Gasteiger partial charge < -0.3 is 10.8 Å². The third-order valence-electron chi connectivity index (χ3n) is 5.99. The van der Waals surface area contributed by atoms with E-state index in [1.54, 1.807) is 10.8 Å². The molecule has 0 bridgehead atoms. The number of aromatic nitrogens is 5. The van der Waals surface area contributed by atoms with Crippen molar-refractivity contribution in [1.82, 2.24) is 24.5 Å². The zero-order valence-corrected chi connectivity index (χ0v) is 16.6. The topological polar surface area (TPSA) is 137 Å². The van der Waals surface area contributed by atoms with Crippen LogP contribution in [0.5, 0.6) is 0 Å². The molecule has 0 unspecified atom stereocenters. The molecule has 0 radical (unpaired) electrons. The van der Waals surface area contributed by atoms with Crippen molar-refractivity contribution in [2.24, 2.45) is 5.92 Å². The molecule has 31 heavy (non-hydrogen) atoms. The van der Waals surface area contributed by atoms with Gasteiger partial charge in [0.1, 0.15) is 17.5 Å². The second-order valence-corrected chi connectivity index (χ2v) is 7.82. The summed E-state index contributed by atoms with van der Waals surface area (Å²) < 4.78 is 1.63. The van der Waals surface area contributed by atoms with E-state index in [4.69, 9.17) is 5.73 Å². The van der Waals surface area contributed by atoms with Crippen LogP contribution in [0.15, 0.2) is 47.7 Å². The highest BCUT2D eigenvalue weighted by Gasteiger charge is 2.29. The molecule has 1 aliphatic carbocycles. The minimum Gasteiger partial charge on any atom is -0.481 e. The molecule has 9 nitrogen and oxygen atoms in total. The monoisotopic (exact) mass is 416 g/mol. The molecule has 9 heteroatoms. The summed E-state index contributed by atoms with van der Waals surface area (Å²) in [6, 6.07) is 9.13. The predicted molar refractivity (Wildman–Crippen MR) is 115 cm³/mol. The zero-order valence-electron chi connectivity index (χ0n) is 16.6. The maximum absolute atomic E-state index is 13.6. The van der Waals surface area contributed by atoms with Crippen molar-refractivity contribution in [3.8, 4) is 11.3 Å². The first kappa shape index (κ1) is 19.1. The van der Waals surface area contributed by atoms with Crippen LogP contribution in [-0.2, 0) is 4.79 Å². The van der Waals surface area contributed by atoms with Crippen LogP contribution in [-0.4, -0.2) is 35.6 Å². The van der Waals surface area contributed by atoms with E-state index in [9.17, 15) is 14.7 Å². The second-order valence-electron chi connectivity index (χ2n) is 7.82. The Balaban J connectivity index is 1.69. The zero-order chi connectivity index (χ0) is 21.5. The third-order valence-corrected chi connectivity index (χ3v) is 5.99. The molecule has 3 aromatic heterocycles. The number of nitrogens with two attached hydrogens (primary N) is 1. The number of benzene rings is 1. The number of carbonyl (C=O) groups is 1. The maximum atomic E-state index is 13.6. The Labute approximate surface area is 176 Å². The van der Waals surface area contributed by atoms with Gasteiger partial charge in [-0.15, -0.1) is 0 Å². The largest absolute Gasteiger partial charge is 0.481 e. The van der Waals surface area contributed by atoms with Gasteiger partial charge in [-0.3, -0.25) is 19.1 Å². The summed E-state index contributed by atoms with van der Waals surface area (Å²) in [5.74, 6) is -0.976. The van der Waals surface area contributed by atoms with E-state index >= 15 is 0 Å². The molecule has 0 aliphatic heterocycles. The molecule has 0 amide bonds. The predicted octanol–water partition coefficient (Wildman–Crippen LogP) is 2.80. The number of rotatable bonds is 3. The fourth-order valence-corrected chi connectivity index (χ4v) is 4.37. The number of nitrogens with zero attached hydrogens (tertiary/aromatic N) is 5. The summed E-state index contributed by atoms with van der Waals surface area (Å²) in [6.45, 7) is 0. The molecular weight excluding hydrogens is 396 g/mol. The van der Waals surface area contributed by atoms with Gasteiger partial charge in [0.05, 0.1) is 11.4 Å². The van der Waals surface area contributed by atoms with Crippen LogP contribution in [0.3, 0.4) is 0 Å². The first-order valence-corrected chi connectivity index (χ1v) is 10.1. The first-order valence-electron chi connectivity index (χ1n) is 10.1. The lowest BCUT2D eigenvalue weighted by Gasteiger charge is -2.28. The number of anilines is 1. The summed E-state index contributed by atoms with van der Waals surface area (Å²) in [7, 11) is 0. The SMILES string of the molecule is Nc1ncnc2c1nc(-c1ccc3ncccc3c1)c(=O)n2C1CCC(C(=O)O)CC1. The van der Waals surface area contributed by atoms with Gasteiger partial charge in [0.25, 0.3) is 5.56 Å². The molecule has 1 aromatic carbocycles. The quantitative estimate of drug-likeness (QED) is 0.520. The molecule has 1 fully saturated rings. The van der Waals surface area contributed by atoms with Crippen LogP contribution < -0.4 is 11.3 Å². The van der Waals surface area contributed by atoms with Crippen LogP contribution in [0.25, 0.3) is 33.3 Å². The minimum atomic E-state index is -0.789. The fraction of sp³-hybridized carbons (Fsp3) is 0.273. The Bertz CT molecular complexity index is 1380. The molecule has 1 aliphatic rings. The maximum Gasteiger partial charge on any atom is 0.306 e. The van der Waals surface area contributed by atoms with Crippen molar-refractivity contribution in [2.75, 3.05) is 5.73 Å². The average Bonchev–Trinajstić information content (AvgIpc) is 2.79. The van der Waals surface area contributed by atoms with E-state index < -0.39 is 5.97 Å². The molecule has 3 N–H and O–H groups in total. The van der Waals surface area contributed by atoms with Gasteiger partial charge in [-0.1, -0.05) is 12.1 Å². The van der Waals surface area contributed by atoms with Gasteiger partial charge in [0.2, 0.25) is 0 Å². The number of pyridine rings is 1. The average molecular weight is 416 g/mol. The Hall–Kier alpha value is -3.88. The Morgan fingerprint density at radius 1 is 1.10 bits per heavy atom. The van der Waals surface area contributed by atoms with Gasteiger partial charge in [0, 0.05) is 23.2 Å². The molecular formula is C22H20N6O3. The van der Waals surface area contributed by atoms with Gasteiger partial charge in [-0.2, -0.15) is 0 Å². The molecule has 1 saturated carbocycles. The van der Waals surface area contributed by atoms with E-state index in [1.807, 2.05) is 30.3 Å². The summed E-state index contributed by atoms with van der Waals surface area (Å²) in [4.78, 5) is 42.2. The highest BCUT2D eigenvalue weighted by Crippen LogP contribution is 2.34. The van der Waals surface area contributed by atoms with Crippen LogP contribution >= 0.6 is 0 Å². The normalized spacial score (nSPS) is 19.0. The fourth-order valence-electron chi connectivity index (χ4n) is 4.37. The van der Waals surface area contributed by atoms with Crippen molar-refractivity contribution in [3.05, 3.63) is 53.2 Å². The number of carboxylic acids is 1. The summed E-state index contributed by atoms with van der Waals surface area (Å²) >= 11 is 0. The van der Waals surface area contributed by atoms with Gasteiger partial charge in [0.15, 0.2) is 11.5 Å². The van der Waals surface area contributed by atoms with E-state index in [0.29, 0.717) is 42.4 Å². The van der Waals surface area contributed by atoms with Crippen LogP contribution in [0.1, 0.15) is 31.7 Å². The smallest absolute Gasteiger partial charge is 0.306 e. The number of hydrogen-bond donors (Lipinski definition) is 2. The number of aliphatic carboxylic acids is 1. The van der Waals surface area contributed by atoms with Gasteiger partial charge in [-0.05, 0) is 43.9 Å². The lowest BCUT2D eigenvalue weighted by atomic mass is 9.86. The Morgan fingerprint density at radius 3 is 2.68 bits per heavy atom. The molecule has 5 rings (SSSR count). The van der Waals surface area contributed by atoms with Crippen LogP contribution in [0.2, 0.25) is 0 Å². The Kier molecular flexibility index (Phi) is 4.58. The highest BCUT2D eigenvalue weighted by molar-refractivity contribution is 5.86. The van der Waals surface area contributed by atoms with E-state index in [2.05, 4.69) is 19.9 Å². The summed E-state index contributed by atoms with van der Waals surface area (Å²) in [5.41, 5.74) is 8.30. The number of carboxylic acid groups (broad SMARTS) is 1. The van der Waals surface area contributed by atoms with Crippen molar-refractivity contribution in [1.29, 1.82) is 0 Å². The number of hydrogen-bond acceptors (Lipinski definition) is 7.